The fraction of sp³-hybridized carbons (Fsp3) is 0.192. The van der Waals surface area contributed by atoms with Crippen molar-refractivity contribution in [1.29, 1.82) is 0 Å². The third-order valence-electron chi connectivity index (χ3n) is 5.06. The van der Waals surface area contributed by atoms with Crippen LogP contribution in [0.3, 0.4) is 0 Å². The quantitative estimate of drug-likeness (QED) is 0.320. The van der Waals surface area contributed by atoms with Crippen LogP contribution in [0.4, 0.5) is 23.7 Å². The van der Waals surface area contributed by atoms with Gasteiger partial charge in [0, 0.05) is 17.7 Å². The Morgan fingerprint density at radius 1 is 0.944 bits per heavy atom. The van der Waals surface area contributed by atoms with Gasteiger partial charge in [0.05, 0.1) is 5.69 Å². The maximum Gasteiger partial charge on any atom is 0.573 e. The molecule has 0 aliphatic heterocycles. The summed E-state index contributed by atoms with van der Waals surface area (Å²) in [6.45, 7) is 3.70. The summed E-state index contributed by atoms with van der Waals surface area (Å²) >= 11 is 0. The first-order chi connectivity index (χ1) is 17.1. The summed E-state index contributed by atoms with van der Waals surface area (Å²) in [6, 6.07) is 21.9. The molecule has 0 bridgehead atoms. The molecule has 0 unspecified atom stereocenters. The van der Waals surface area contributed by atoms with Crippen molar-refractivity contribution >= 4 is 11.8 Å². The van der Waals surface area contributed by atoms with Crippen LogP contribution in [0.2, 0.25) is 0 Å². The number of alkyl halides is 3. The van der Waals surface area contributed by atoms with Gasteiger partial charge in [0.1, 0.15) is 17.7 Å². The van der Waals surface area contributed by atoms with E-state index in [1.165, 1.54) is 35.3 Å². The molecule has 186 valence electrons. The predicted molar refractivity (Wildman–Crippen MR) is 128 cm³/mol. The van der Waals surface area contributed by atoms with Crippen molar-refractivity contribution in [3.05, 3.63) is 90.8 Å². The van der Waals surface area contributed by atoms with Gasteiger partial charge in [-0.25, -0.2) is 14.5 Å². The van der Waals surface area contributed by atoms with Crippen molar-refractivity contribution < 1.29 is 27.4 Å². The lowest BCUT2D eigenvalue weighted by molar-refractivity contribution is -0.274. The third kappa shape index (κ3) is 6.84. The van der Waals surface area contributed by atoms with E-state index in [4.69, 9.17) is 4.74 Å². The molecular weight excluding hydrogens is 473 g/mol. The van der Waals surface area contributed by atoms with Crippen LogP contribution in [0.25, 0.3) is 17.1 Å². The maximum absolute atomic E-state index is 12.4. The van der Waals surface area contributed by atoms with Gasteiger partial charge in [-0.05, 0) is 67.9 Å². The highest BCUT2D eigenvalue weighted by molar-refractivity contribution is 5.85. The van der Waals surface area contributed by atoms with E-state index in [9.17, 15) is 18.0 Å². The Morgan fingerprint density at radius 3 is 2.25 bits per heavy atom. The van der Waals surface area contributed by atoms with Crippen molar-refractivity contribution in [2.75, 3.05) is 5.32 Å². The van der Waals surface area contributed by atoms with E-state index in [-0.39, 0.29) is 5.75 Å². The lowest BCUT2D eigenvalue weighted by Gasteiger charge is -2.25. The van der Waals surface area contributed by atoms with Crippen LogP contribution in [0.5, 0.6) is 5.75 Å². The molecular formula is C26H23F3N4O3. The molecule has 1 heterocycles. The summed E-state index contributed by atoms with van der Waals surface area (Å²) in [6.07, 6.45) is -3.29. The maximum atomic E-state index is 12.4. The number of nitrogens with one attached hydrogen (secondary N) is 1. The number of halogens is 3. The molecule has 36 heavy (non-hydrogen) atoms. The van der Waals surface area contributed by atoms with E-state index in [0.717, 1.165) is 5.56 Å². The minimum absolute atomic E-state index is 0.323. The number of carbonyl (C=O) groups excluding carboxylic acids is 1. The summed E-state index contributed by atoms with van der Waals surface area (Å²) in [5, 5.41) is 7.08. The van der Waals surface area contributed by atoms with Gasteiger partial charge >= 0.3 is 12.5 Å². The molecule has 0 saturated heterocycles. The lowest BCUT2D eigenvalue weighted by Crippen LogP contribution is -2.32. The SMILES string of the molecule is CC(C)(Cc1ccccc1)OC(=O)Nc1ccc(-c2ncn(-c3ccc(OC(F)(F)F)cc3)n2)cc1. The van der Waals surface area contributed by atoms with E-state index in [2.05, 4.69) is 20.1 Å². The van der Waals surface area contributed by atoms with Crippen LogP contribution in [0.1, 0.15) is 19.4 Å². The summed E-state index contributed by atoms with van der Waals surface area (Å²) in [4.78, 5) is 16.7. The first kappa shape index (κ1) is 24.8. The molecule has 7 nitrogen and oxygen atoms in total. The molecule has 4 rings (SSSR count). The standard InChI is InChI=1S/C26H23F3N4O3/c1-25(2,16-18-6-4-3-5-7-18)36-24(34)31-20-10-8-19(9-11-20)23-30-17-33(32-23)21-12-14-22(15-13-21)35-26(27,28)29/h3-15,17H,16H2,1-2H3,(H,31,34). The Morgan fingerprint density at radius 2 is 1.61 bits per heavy atom. The average molecular weight is 496 g/mol. The zero-order valence-corrected chi connectivity index (χ0v) is 19.5. The molecule has 3 aromatic carbocycles. The van der Waals surface area contributed by atoms with Crippen LogP contribution in [0.15, 0.2) is 85.2 Å². The van der Waals surface area contributed by atoms with Crippen LogP contribution in [-0.4, -0.2) is 32.8 Å². The summed E-state index contributed by atoms with van der Waals surface area (Å²) in [5.41, 5.74) is 2.12. The van der Waals surface area contributed by atoms with Crippen LogP contribution in [0, 0.1) is 0 Å². The van der Waals surface area contributed by atoms with Crippen LogP contribution >= 0.6 is 0 Å². The summed E-state index contributed by atoms with van der Waals surface area (Å²) in [5.74, 6) is 0.0837. The molecule has 0 atom stereocenters. The van der Waals surface area contributed by atoms with Crippen LogP contribution in [-0.2, 0) is 11.2 Å². The molecule has 0 fully saturated rings. The van der Waals surface area contributed by atoms with Gasteiger partial charge in [-0.3, -0.25) is 5.32 Å². The smallest absolute Gasteiger partial charge is 0.443 e. The number of aromatic nitrogens is 3. The number of ether oxygens (including phenoxy) is 2. The number of anilines is 1. The fourth-order valence-corrected chi connectivity index (χ4v) is 3.54. The zero-order valence-electron chi connectivity index (χ0n) is 19.5. The number of amides is 1. The largest absolute Gasteiger partial charge is 0.573 e. The van der Waals surface area contributed by atoms with Crippen molar-refractivity contribution in [1.82, 2.24) is 14.8 Å². The van der Waals surface area contributed by atoms with Crippen molar-refractivity contribution in [3.63, 3.8) is 0 Å². The molecule has 0 radical (unpaired) electrons. The third-order valence-corrected chi connectivity index (χ3v) is 5.06. The first-order valence-corrected chi connectivity index (χ1v) is 11.0. The number of hydrogen-bond acceptors (Lipinski definition) is 5. The van der Waals surface area contributed by atoms with Gasteiger partial charge in [-0.1, -0.05) is 30.3 Å². The number of hydrogen-bond donors (Lipinski definition) is 1. The lowest BCUT2D eigenvalue weighted by atomic mass is 9.98. The molecule has 0 aliphatic rings. The molecule has 0 aliphatic carbocycles. The predicted octanol–water partition coefficient (Wildman–Crippen LogP) is 6.40. The number of rotatable bonds is 7. The zero-order chi connectivity index (χ0) is 25.8. The molecule has 0 spiro atoms. The average Bonchev–Trinajstić information content (AvgIpc) is 3.29. The van der Waals surface area contributed by atoms with Crippen molar-refractivity contribution in [2.24, 2.45) is 0 Å². The highest BCUT2D eigenvalue weighted by atomic mass is 19.4. The van der Waals surface area contributed by atoms with Crippen LogP contribution < -0.4 is 10.1 Å². The van der Waals surface area contributed by atoms with E-state index < -0.39 is 18.1 Å². The van der Waals surface area contributed by atoms with Crippen molar-refractivity contribution in [3.8, 4) is 22.8 Å². The van der Waals surface area contributed by atoms with Gasteiger partial charge < -0.3 is 9.47 Å². The molecule has 0 saturated carbocycles. The minimum Gasteiger partial charge on any atom is -0.443 e. The second-order valence-electron chi connectivity index (χ2n) is 8.57. The molecule has 1 aromatic heterocycles. The summed E-state index contributed by atoms with van der Waals surface area (Å²) in [7, 11) is 0. The summed E-state index contributed by atoms with van der Waals surface area (Å²) < 4.78 is 47.9. The highest BCUT2D eigenvalue weighted by Gasteiger charge is 2.31. The van der Waals surface area contributed by atoms with E-state index in [1.54, 1.807) is 24.3 Å². The van der Waals surface area contributed by atoms with Gasteiger partial charge in [-0.15, -0.1) is 18.3 Å². The second-order valence-corrected chi connectivity index (χ2v) is 8.57. The fourth-order valence-electron chi connectivity index (χ4n) is 3.54. The number of benzene rings is 3. The minimum atomic E-state index is -4.75. The first-order valence-electron chi connectivity index (χ1n) is 11.0. The van der Waals surface area contributed by atoms with Crippen molar-refractivity contribution in [2.45, 2.75) is 32.2 Å². The normalized spacial score (nSPS) is 11.7. The van der Waals surface area contributed by atoms with Gasteiger partial charge in [0.2, 0.25) is 0 Å². The second kappa shape index (κ2) is 10.1. The highest BCUT2D eigenvalue weighted by Crippen LogP contribution is 2.24. The topological polar surface area (TPSA) is 78.3 Å². The Balaban J connectivity index is 1.36. The van der Waals surface area contributed by atoms with Gasteiger partial charge in [-0.2, -0.15) is 0 Å². The molecule has 4 aromatic rings. The van der Waals surface area contributed by atoms with Gasteiger partial charge in [0.15, 0.2) is 5.82 Å². The Hall–Kier alpha value is -4.34. The Bertz CT molecular complexity index is 1300. The van der Waals surface area contributed by atoms with E-state index in [1.807, 2.05) is 44.2 Å². The van der Waals surface area contributed by atoms with E-state index in [0.29, 0.717) is 29.2 Å². The van der Waals surface area contributed by atoms with Gasteiger partial charge in [0.25, 0.3) is 0 Å². The van der Waals surface area contributed by atoms with E-state index >= 15 is 0 Å². The Labute approximate surface area is 205 Å². The molecule has 1 amide bonds. The molecule has 10 heteroatoms. The Kier molecular flexibility index (Phi) is 6.96. The number of carbonyl (C=O) groups is 1. The number of nitrogens with zero attached hydrogens (tertiary/aromatic N) is 3. The monoisotopic (exact) mass is 496 g/mol. The molecule has 1 N–H and O–H groups in total.